The van der Waals surface area contributed by atoms with Gasteiger partial charge in [-0.2, -0.15) is 0 Å². The van der Waals surface area contributed by atoms with Crippen molar-refractivity contribution in [2.24, 2.45) is 0 Å². The molecule has 4 aromatic rings. The van der Waals surface area contributed by atoms with Gasteiger partial charge in [0.05, 0.1) is 10.9 Å². The number of rotatable bonds is 6. The Morgan fingerprint density at radius 1 is 1.12 bits per heavy atom. The summed E-state index contributed by atoms with van der Waals surface area (Å²) in [5.74, 6) is -0.399. The van der Waals surface area contributed by atoms with E-state index >= 15 is 0 Å². The number of nitrogens with two attached hydrogens (primary N) is 1. The van der Waals surface area contributed by atoms with Crippen molar-refractivity contribution in [2.75, 3.05) is 11.1 Å². The van der Waals surface area contributed by atoms with Crippen molar-refractivity contribution < 1.29 is 14.0 Å². The van der Waals surface area contributed by atoms with Crippen molar-refractivity contribution >= 4 is 34.4 Å². The van der Waals surface area contributed by atoms with Crippen molar-refractivity contribution in [3.8, 4) is 0 Å². The molecule has 0 saturated carbocycles. The lowest BCUT2D eigenvalue weighted by Gasteiger charge is -2.09. The maximum atomic E-state index is 13.3. The Morgan fingerprint density at radius 2 is 1.91 bits per heavy atom. The van der Waals surface area contributed by atoms with Gasteiger partial charge in [-0.05, 0) is 43.7 Å². The van der Waals surface area contributed by atoms with Crippen LogP contribution in [0.4, 0.5) is 20.7 Å². The van der Waals surface area contributed by atoms with Gasteiger partial charge >= 0.3 is 6.03 Å². The number of benzene rings is 2. The van der Waals surface area contributed by atoms with Crippen LogP contribution in [0.25, 0.3) is 11.0 Å². The van der Waals surface area contributed by atoms with E-state index in [-0.39, 0.29) is 30.0 Å². The molecule has 0 saturated heterocycles. The highest BCUT2D eigenvalue weighted by Gasteiger charge is 2.21. The first kappa shape index (κ1) is 21.9. The number of nitrogens with zero attached hydrogens (tertiary/aromatic N) is 3. The summed E-state index contributed by atoms with van der Waals surface area (Å²) in [6.45, 7) is 4.13. The Kier molecular flexibility index (Phi) is 6.03. The number of nitrogens with one attached hydrogen (secondary N) is 2. The second kappa shape index (κ2) is 9.07. The largest absolute Gasteiger partial charge is 0.383 e. The van der Waals surface area contributed by atoms with Gasteiger partial charge in [0.15, 0.2) is 5.78 Å². The SMILES string of the molecule is CC(C)n1cc(C(=O)c2cccc(NC(=O)NCc3cccc(F)c3)c2)c2c(N)ncnc21. The first-order chi connectivity index (χ1) is 15.8. The zero-order valence-electron chi connectivity index (χ0n) is 18.2. The van der Waals surface area contributed by atoms with Gasteiger partial charge in [0.2, 0.25) is 0 Å². The van der Waals surface area contributed by atoms with Crippen molar-refractivity contribution in [3.05, 3.63) is 83.6 Å². The van der Waals surface area contributed by atoms with Crippen molar-refractivity contribution in [1.82, 2.24) is 19.9 Å². The molecule has 33 heavy (non-hydrogen) atoms. The van der Waals surface area contributed by atoms with Gasteiger partial charge in [0, 0.05) is 30.0 Å². The smallest absolute Gasteiger partial charge is 0.319 e. The van der Waals surface area contributed by atoms with Crippen LogP contribution in [0, 0.1) is 5.82 Å². The van der Waals surface area contributed by atoms with Crippen molar-refractivity contribution in [3.63, 3.8) is 0 Å². The number of urea groups is 1. The molecule has 0 radical (unpaired) electrons. The van der Waals surface area contributed by atoms with Gasteiger partial charge in [0.25, 0.3) is 0 Å². The monoisotopic (exact) mass is 446 g/mol. The highest BCUT2D eigenvalue weighted by Crippen LogP contribution is 2.28. The lowest BCUT2D eigenvalue weighted by atomic mass is 10.0. The second-order valence-corrected chi connectivity index (χ2v) is 7.85. The van der Waals surface area contributed by atoms with Gasteiger partial charge < -0.3 is 20.9 Å². The number of carbonyl (C=O) groups is 2. The second-order valence-electron chi connectivity index (χ2n) is 7.85. The van der Waals surface area contributed by atoms with E-state index < -0.39 is 6.03 Å². The van der Waals surface area contributed by atoms with Crippen LogP contribution in [0.3, 0.4) is 0 Å². The molecule has 4 N–H and O–H groups in total. The molecule has 0 atom stereocenters. The molecule has 8 nitrogen and oxygen atoms in total. The number of nitrogen functional groups attached to an aromatic ring is 1. The number of anilines is 2. The predicted octanol–water partition coefficient (Wildman–Crippen LogP) is 4.29. The first-order valence-electron chi connectivity index (χ1n) is 10.4. The van der Waals surface area contributed by atoms with E-state index in [2.05, 4.69) is 20.6 Å². The van der Waals surface area contributed by atoms with Gasteiger partial charge in [-0.3, -0.25) is 4.79 Å². The molecule has 0 spiro atoms. The minimum absolute atomic E-state index is 0.0677. The molecular formula is C24H23FN6O2. The summed E-state index contributed by atoms with van der Waals surface area (Å²) in [5, 5.41) is 5.86. The molecule has 0 unspecified atom stereocenters. The fourth-order valence-electron chi connectivity index (χ4n) is 3.57. The van der Waals surface area contributed by atoms with E-state index in [0.29, 0.717) is 33.4 Å². The summed E-state index contributed by atoms with van der Waals surface area (Å²) < 4.78 is 15.2. The minimum atomic E-state index is -0.474. The maximum absolute atomic E-state index is 13.3. The predicted molar refractivity (Wildman–Crippen MR) is 124 cm³/mol. The number of fused-ring (bicyclic) bond motifs is 1. The average molecular weight is 446 g/mol. The summed E-state index contributed by atoms with van der Waals surface area (Å²) in [7, 11) is 0. The average Bonchev–Trinajstić information content (AvgIpc) is 3.19. The number of ketones is 1. The van der Waals surface area contributed by atoms with Gasteiger partial charge in [-0.25, -0.2) is 19.2 Å². The van der Waals surface area contributed by atoms with Crippen molar-refractivity contribution in [1.29, 1.82) is 0 Å². The maximum Gasteiger partial charge on any atom is 0.319 e. The normalized spacial score (nSPS) is 11.0. The number of amides is 2. The summed E-state index contributed by atoms with van der Waals surface area (Å²) in [6, 6.07) is 12.2. The molecular weight excluding hydrogens is 423 g/mol. The van der Waals surface area contributed by atoms with Crippen LogP contribution in [0.5, 0.6) is 0 Å². The summed E-state index contributed by atoms with van der Waals surface area (Å²) >= 11 is 0. The lowest BCUT2D eigenvalue weighted by molar-refractivity contribution is 0.104. The summed E-state index contributed by atoms with van der Waals surface area (Å²) in [6.07, 6.45) is 3.10. The fourth-order valence-corrected chi connectivity index (χ4v) is 3.57. The van der Waals surface area contributed by atoms with Crippen molar-refractivity contribution in [2.45, 2.75) is 26.4 Å². The zero-order valence-corrected chi connectivity index (χ0v) is 18.2. The number of hydrogen-bond donors (Lipinski definition) is 3. The molecule has 0 aliphatic rings. The third-order valence-electron chi connectivity index (χ3n) is 5.16. The molecule has 9 heteroatoms. The number of carbonyl (C=O) groups excluding carboxylic acids is 2. The molecule has 0 bridgehead atoms. The Labute approximate surface area is 189 Å². The van der Waals surface area contributed by atoms with Crippen LogP contribution < -0.4 is 16.4 Å². The minimum Gasteiger partial charge on any atom is -0.383 e. The van der Waals surface area contributed by atoms with Crippen LogP contribution in [0.2, 0.25) is 0 Å². The molecule has 0 fully saturated rings. The molecule has 0 aliphatic heterocycles. The quantitative estimate of drug-likeness (QED) is 0.382. The highest BCUT2D eigenvalue weighted by molar-refractivity contribution is 6.18. The molecule has 4 rings (SSSR count). The molecule has 0 aliphatic carbocycles. The van der Waals surface area contributed by atoms with Gasteiger partial charge in [-0.15, -0.1) is 0 Å². The summed E-state index contributed by atoms with van der Waals surface area (Å²) in [4.78, 5) is 34.0. The van der Waals surface area contributed by atoms with Crippen LogP contribution in [-0.2, 0) is 6.54 Å². The first-order valence-corrected chi connectivity index (χ1v) is 10.4. The van der Waals surface area contributed by atoms with E-state index in [4.69, 9.17) is 5.73 Å². The van der Waals surface area contributed by atoms with Gasteiger partial charge in [-0.1, -0.05) is 24.3 Å². The number of aromatic nitrogens is 3. The Morgan fingerprint density at radius 3 is 2.67 bits per heavy atom. The topological polar surface area (TPSA) is 115 Å². The summed E-state index contributed by atoms with van der Waals surface area (Å²) in [5.41, 5.74) is 8.50. The lowest BCUT2D eigenvalue weighted by Crippen LogP contribution is -2.28. The van der Waals surface area contributed by atoms with Gasteiger partial charge in [0.1, 0.15) is 23.6 Å². The number of halogens is 1. The van der Waals surface area contributed by atoms with E-state index in [1.807, 2.05) is 18.4 Å². The molecule has 2 aromatic carbocycles. The van der Waals surface area contributed by atoms with E-state index in [9.17, 15) is 14.0 Å². The Bertz CT molecular complexity index is 1350. The molecule has 168 valence electrons. The highest BCUT2D eigenvalue weighted by atomic mass is 19.1. The molecule has 2 heterocycles. The van der Waals surface area contributed by atoms with E-state index in [0.717, 1.165) is 0 Å². The Balaban J connectivity index is 1.54. The number of hydrogen-bond acceptors (Lipinski definition) is 5. The third kappa shape index (κ3) is 4.67. The van der Waals surface area contributed by atoms with E-state index in [1.54, 1.807) is 42.6 Å². The van der Waals surface area contributed by atoms with Crippen LogP contribution >= 0.6 is 0 Å². The zero-order chi connectivity index (χ0) is 23.5. The van der Waals surface area contributed by atoms with Crippen LogP contribution in [-0.4, -0.2) is 26.3 Å². The van der Waals surface area contributed by atoms with E-state index in [1.165, 1.54) is 18.5 Å². The fraction of sp³-hybridized carbons (Fsp3) is 0.167. The van der Waals surface area contributed by atoms with Crippen LogP contribution in [0.1, 0.15) is 41.4 Å². The molecule has 2 amide bonds. The Hall–Kier alpha value is -4.27. The standard InChI is InChI=1S/C24H23FN6O2/c1-14(2)31-12-19(20-22(26)28-13-29-23(20)31)21(32)16-6-4-8-18(10-16)30-24(33)27-11-15-5-3-7-17(25)9-15/h3-10,12-14H,11H2,1-2H3,(H2,26,28,29)(H2,27,30,33). The van der Waals surface area contributed by atoms with Crippen LogP contribution in [0.15, 0.2) is 61.1 Å². The third-order valence-corrected chi connectivity index (χ3v) is 5.16. The molecule has 2 aromatic heterocycles.